The third kappa shape index (κ3) is 3.88. The number of nitrogens with one attached hydrogen (secondary N) is 1. The van der Waals surface area contributed by atoms with Crippen LogP contribution in [-0.2, 0) is 0 Å². The van der Waals surface area contributed by atoms with E-state index in [0.717, 1.165) is 31.8 Å². The van der Waals surface area contributed by atoms with E-state index in [2.05, 4.69) is 39.0 Å². The molecule has 1 N–H and O–H groups in total. The van der Waals surface area contributed by atoms with Crippen LogP contribution in [0.2, 0.25) is 0 Å². The third-order valence-electron chi connectivity index (χ3n) is 3.20. The first-order valence-electron chi connectivity index (χ1n) is 7.17. The number of hydrogen-bond donors (Lipinski definition) is 1. The lowest BCUT2D eigenvalue weighted by Gasteiger charge is -2.31. The van der Waals surface area contributed by atoms with Gasteiger partial charge < -0.3 is 15.0 Å². The van der Waals surface area contributed by atoms with Crippen molar-refractivity contribution in [3.05, 3.63) is 0 Å². The molecule has 0 saturated carbocycles. The molecule has 0 amide bonds. The normalized spacial score (nSPS) is 18.9. The number of anilines is 2. The van der Waals surface area contributed by atoms with E-state index in [0.29, 0.717) is 23.2 Å². The standard InChI is InChI=1S/C13H23N5OS/c1-4-6-14-11-15-12(17-13(16-11)19-3)18-7-8-20-10(5-2)9-18/h10H,4-9H2,1-3H3,(H,14,15,16,17). The number of methoxy groups -OCH3 is 1. The Kier molecular flexibility index (Phi) is 5.70. The van der Waals surface area contributed by atoms with Gasteiger partial charge in [-0.2, -0.15) is 26.7 Å². The Morgan fingerprint density at radius 3 is 2.90 bits per heavy atom. The van der Waals surface area contributed by atoms with Crippen molar-refractivity contribution < 1.29 is 4.74 Å². The van der Waals surface area contributed by atoms with Gasteiger partial charge in [0, 0.05) is 30.6 Å². The van der Waals surface area contributed by atoms with Gasteiger partial charge >= 0.3 is 6.01 Å². The average Bonchev–Trinajstić information content (AvgIpc) is 2.52. The van der Waals surface area contributed by atoms with Crippen molar-refractivity contribution in [1.29, 1.82) is 0 Å². The summed E-state index contributed by atoms with van der Waals surface area (Å²) in [5.74, 6) is 2.43. The largest absolute Gasteiger partial charge is 0.467 e. The summed E-state index contributed by atoms with van der Waals surface area (Å²) in [5.41, 5.74) is 0. The molecule has 20 heavy (non-hydrogen) atoms. The number of hydrogen-bond acceptors (Lipinski definition) is 7. The SMILES string of the molecule is CCCNc1nc(OC)nc(N2CCSC(CC)C2)n1. The van der Waals surface area contributed by atoms with Crippen LogP contribution in [0.25, 0.3) is 0 Å². The summed E-state index contributed by atoms with van der Waals surface area (Å²) in [7, 11) is 1.59. The summed E-state index contributed by atoms with van der Waals surface area (Å²) in [6, 6.07) is 0.375. The maximum absolute atomic E-state index is 5.19. The second-order valence-electron chi connectivity index (χ2n) is 4.72. The lowest BCUT2D eigenvalue weighted by Crippen LogP contribution is -2.38. The van der Waals surface area contributed by atoms with E-state index in [9.17, 15) is 0 Å². The molecule has 1 aliphatic rings. The molecular weight excluding hydrogens is 274 g/mol. The maximum atomic E-state index is 5.19. The second-order valence-corrected chi connectivity index (χ2v) is 6.13. The summed E-state index contributed by atoms with van der Waals surface area (Å²) in [6.45, 7) is 7.15. The molecule has 0 radical (unpaired) electrons. The van der Waals surface area contributed by atoms with Crippen molar-refractivity contribution in [3.8, 4) is 6.01 Å². The fraction of sp³-hybridized carbons (Fsp3) is 0.769. The predicted molar refractivity (Wildman–Crippen MR) is 83.9 cm³/mol. The Morgan fingerprint density at radius 2 is 2.20 bits per heavy atom. The molecule has 0 aromatic carbocycles. The summed E-state index contributed by atoms with van der Waals surface area (Å²) < 4.78 is 5.19. The van der Waals surface area contributed by atoms with Crippen LogP contribution in [0, 0.1) is 0 Å². The Hall–Kier alpha value is -1.24. The molecule has 1 atom stereocenters. The zero-order valence-electron chi connectivity index (χ0n) is 12.4. The number of ether oxygens (including phenoxy) is 1. The Balaban J connectivity index is 2.16. The van der Waals surface area contributed by atoms with E-state index >= 15 is 0 Å². The van der Waals surface area contributed by atoms with Crippen LogP contribution in [0.4, 0.5) is 11.9 Å². The lowest BCUT2D eigenvalue weighted by molar-refractivity contribution is 0.378. The molecule has 0 bridgehead atoms. The number of aromatic nitrogens is 3. The van der Waals surface area contributed by atoms with E-state index in [1.807, 2.05) is 11.8 Å². The molecule has 112 valence electrons. The van der Waals surface area contributed by atoms with Crippen LogP contribution in [0.5, 0.6) is 6.01 Å². The van der Waals surface area contributed by atoms with E-state index in [-0.39, 0.29) is 0 Å². The molecule has 1 aliphatic heterocycles. The quantitative estimate of drug-likeness (QED) is 0.862. The van der Waals surface area contributed by atoms with Gasteiger partial charge in [0.15, 0.2) is 0 Å². The minimum absolute atomic E-state index is 0.375. The van der Waals surface area contributed by atoms with Crippen molar-refractivity contribution in [2.75, 3.05) is 42.7 Å². The molecule has 1 fully saturated rings. The fourth-order valence-corrected chi connectivity index (χ4v) is 3.22. The highest BCUT2D eigenvalue weighted by Gasteiger charge is 2.22. The molecule has 1 aromatic heterocycles. The molecule has 0 aliphatic carbocycles. The molecule has 2 rings (SSSR count). The van der Waals surface area contributed by atoms with E-state index in [4.69, 9.17) is 4.74 Å². The monoisotopic (exact) mass is 297 g/mol. The second kappa shape index (κ2) is 7.52. The van der Waals surface area contributed by atoms with Crippen LogP contribution < -0.4 is 15.0 Å². The summed E-state index contributed by atoms with van der Waals surface area (Å²) in [6.07, 6.45) is 2.20. The van der Waals surface area contributed by atoms with Gasteiger partial charge in [0.05, 0.1) is 7.11 Å². The van der Waals surface area contributed by atoms with Gasteiger partial charge in [-0.3, -0.25) is 0 Å². The Labute approximate surface area is 124 Å². The summed E-state index contributed by atoms with van der Waals surface area (Å²) in [4.78, 5) is 15.4. The van der Waals surface area contributed by atoms with Gasteiger partial charge in [-0.25, -0.2) is 0 Å². The van der Waals surface area contributed by atoms with Crippen LogP contribution in [0.1, 0.15) is 26.7 Å². The molecule has 1 unspecified atom stereocenters. The molecule has 6 nitrogen and oxygen atoms in total. The van der Waals surface area contributed by atoms with E-state index in [1.165, 1.54) is 6.42 Å². The summed E-state index contributed by atoms with van der Waals surface area (Å²) >= 11 is 2.03. The predicted octanol–water partition coefficient (Wildman–Crippen LogP) is 2.03. The van der Waals surface area contributed by atoms with Gasteiger partial charge in [-0.15, -0.1) is 0 Å². The average molecular weight is 297 g/mol. The molecule has 2 heterocycles. The molecule has 0 spiro atoms. The first kappa shape index (κ1) is 15.2. The summed E-state index contributed by atoms with van der Waals surface area (Å²) in [5, 5.41) is 3.85. The van der Waals surface area contributed by atoms with Crippen molar-refractivity contribution in [3.63, 3.8) is 0 Å². The van der Waals surface area contributed by atoms with Crippen LogP contribution in [0.3, 0.4) is 0 Å². The third-order valence-corrected chi connectivity index (χ3v) is 4.57. The van der Waals surface area contributed by atoms with Gasteiger partial charge in [-0.1, -0.05) is 13.8 Å². The van der Waals surface area contributed by atoms with Gasteiger partial charge in [-0.05, 0) is 12.8 Å². The van der Waals surface area contributed by atoms with E-state index in [1.54, 1.807) is 7.11 Å². The van der Waals surface area contributed by atoms with Crippen molar-refractivity contribution in [2.45, 2.75) is 31.9 Å². The highest BCUT2D eigenvalue weighted by molar-refractivity contribution is 8.00. The zero-order valence-corrected chi connectivity index (χ0v) is 13.2. The highest BCUT2D eigenvalue weighted by Crippen LogP contribution is 2.25. The lowest BCUT2D eigenvalue weighted by atomic mass is 10.3. The Morgan fingerprint density at radius 1 is 1.35 bits per heavy atom. The van der Waals surface area contributed by atoms with Crippen molar-refractivity contribution in [2.24, 2.45) is 0 Å². The molecule has 1 saturated heterocycles. The molecule has 7 heteroatoms. The number of rotatable bonds is 6. The van der Waals surface area contributed by atoms with Gasteiger partial charge in [0.2, 0.25) is 11.9 Å². The molecule has 1 aromatic rings. The van der Waals surface area contributed by atoms with Crippen LogP contribution in [-0.4, -0.2) is 52.7 Å². The smallest absolute Gasteiger partial charge is 0.322 e. The highest BCUT2D eigenvalue weighted by atomic mass is 32.2. The van der Waals surface area contributed by atoms with Crippen molar-refractivity contribution in [1.82, 2.24) is 15.0 Å². The first-order chi connectivity index (χ1) is 9.76. The number of thioether (sulfide) groups is 1. The topological polar surface area (TPSA) is 63.2 Å². The Bertz CT molecular complexity index is 431. The fourth-order valence-electron chi connectivity index (χ4n) is 2.04. The minimum Gasteiger partial charge on any atom is -0.467 e. The molecular formula is C13H23N5OS. The number of nitrogens with zero attached hydrogens (tertiary/aromatic N) is 4. The van der Waals surface area contributed by atoms with Gasteiger partial charge in [0.1, 0.15) is 0 Å². The van der Waals surface area contributed by atoms with E-state index < -0.39 is 0 Å². The minimum atomic E-state index is 0.375. The maximum Gasteiger partial charge on any atom is 0.322 e. The first-order valence-corrected chi connectivity index (χ1v) is 8.22. The zero-order chi connectivity index (χ0) is 14.4. The van der Waals surface area contributed by atoms with Gasteiger partial charge in [0.25, 0.3) is 0 Å². The van der Waals surface area contributed by atoms with Crippen LogP contribution >= 0.6 is 11.8 Å². The van der Waals surface area contributed by atoms with Crippen molar-refractivity contribution >= 4 is 23.7 Å². The van der Waals surface area contributed by atoms with Crippen LogP contribution in [0.15, 0.2) is 0 Å².